The fourth-order valence-electron chi connectivity index (χ4n) is 2.21. The fourth-order valence-corrected chi connectivity index (χ4v) is 2.21. The molecule has 0 amide bonds. The van der Waals surface area contributed by atoms with E-state index in [4.69, 9.17) is 4.74 Å². The predicted octanol–water partition coefficient (Wildman–Crippen LogP) is 1.77. The summed E-state index contributed by atoms with van der Waals surface area (Å²) in [6.07, 6.45) is 3.96. The maximum Gasteiger partial charge on any atom is 0.213 e. The number of hydrogen-bond donors (Lipinski definition) is 1. The van der Waals surface area contributed by atoms with Crippen LogP contribution in [0.3, 0.4) is 0 Å². The minimum atomic E-state index is -0.470. The number of nitrogens with one attached hydrogen (secondary N) is 1. The van der Waals surface area contributed by atoms with Crippen LogP contribution in [-0.2, 0) is 0 Å². The highest BCUT2D eigenvalue weighted by Crippen LogP contribution is 2.40. The highest BCUT2D eigenvalue weighted by atomic mass is 35.5. The number of ether oxygens (including phenoxy) is 1. The van der Waals surface area contributed by atoms with E-state index < -0.39 is 5.95 Å². The van der Waals surface area contributed by atoms with E-state index in [1.807, 2.05) is 0 Å². The SMILES string of the molecule is Cl.Fc1ccc(OC[C@@H]2C[C@@H]3C[C@@H]3N2)cn1. The first-order valence-corrected chi connectivity index (χ1v) is 5.31. The van der Waals surface area contributed by atoms with Crippen molar-refractivity contribution in [3.05, 3.63) is 24.3 Å². The third-order valence-electron chi connectivity index (χ3n) is 3.11. The molecule has 1 saturated carbocycles. The summed E-state index contributed by atoms with van der Waals surface area (Å²) in [6.45, 7) is 0.653. The number of pyridine rings is 1. The molecule has 1 aromatic rings. The minimum Gasteiger partial charge on any atom is -0.490 e. The van der Waals surface area contributed by atoms with Crippen molar-refractivity contribution in [3.63, 3.8) is 0 Å². The number of halogens is 2. The molecule has 1 aliphatic carbocycles. The van der Waals surface area contributed by atoms with Crippen molar-refractivity contribution in [2.24, 2.45) is 5.92 Å². The first kappa shape index (κ1) is 11.6. The molecular weight excluding hydrogens is 231 g/mol. The van der Waals surface area contributed by atoms with Crippen LogP contribution in [0.5, 0.6) is 5.75 Å². The van der Waals surface area contributed by atoms with Crippen molar-refractivity contribution in [2.75, 3.05) is 6.61 Å². The van der Waals surface area contributed by atoms with Crippen molar-refractivity contribution in [3.8, 4) is 5.75 Å². The van der Waals surface area contributed by atoms with E-state index in [1.165, 1.54) is 25.1 Å². The Hall–Kier alpha value is -0.870. The zero-order valence-corrected chi connectivity index (χ0v) is 9.54. The van der Waals surface area contributed by atoms with Gasteiger partial charge in [0.25, 0.3) is 0 Å². The van der Waals surface area contributed by atoms with Gasteiger partial charge in [-0.1, -0.05) is 0 Å². The fraction of sp³-hybridized carbons (Fsp3) is 0.545. The second kappa shape index (κ2) is 4.55. The van der Waals surface area contributed by atoms with E-state index in [0.717, 1.165) is 12.0 Å². The molecule has 0 unspecified atom stereocenters. The Labute approximate surface area is 99.8 Å². The quantitative estimate of drug-likeness (QED) is 0.823. The van der Waals surface area contributed by atoms with Crippen LogP contribution in [0.2, 0.25) is 0 Å². The molecule has 0 spiro atoms. The Morgan fingerprint density at radius 1 is 1.44 bits per heavy atom. The molecule has 1 aliphatic heterocycles. The summed E-state index contributed by atoms with van der Waals surface area (Å²) in [6, 6.07) is 4.12. The molecule has 3 rings (SSSR count). The van der Waals surface area contributed by atoms with E-state index in [2.05, 4.69) is 10.3 Å². The smallest absolute Gasteiger partial charge is 0.213 e. The minimum absolute atomic E-state index is 0. The van der Waals surface area contributed by atoms with Crippen LogP contribution in [0.4, 0.5) is 4.39 Å². The van der Waals surface area contributed by atoms with Crippen LogP contribution in [0, 0.1) is 11.9 Å². The Morgan fingerprint density at radius 3 is 2.94 bits per heavy atom. The van der Waals surface area contributed by atoms with Gasteiger partial charge in [-0.3, -0.25) is 0 Å². The van der Waals surface area contributed by atoms with Crippen LogP contribution in [0.25, 0.3) is 0 Å². The summed E-state index contributed by atoms with van der Waals surface area (Å²) < 4.78 is 18.0. The van der Waals surface area contributed by atoms with E-state index in [9.17, 15) is 4.39 Å². The molecule has 88 valence electrons. The summed E-state index contributed by atoms with van der Waals surface area (Å²) >= 11 is 0. The maximum atomic E-state index is 12.5. The molecule has 2 heterocycles. The topological polar surface area (TPSA) is 34.1 Å². The van der Waals surface area contributed by atoms with E-state index in [1.54, 1.807) is 6.07 Å². The monoisotopic (exact) mass is 244 g/mol. The van der Waals surface area contributed by atoms with Gasteiger partial charge in [-0.25, -0.2) is 4.98 Å². The van der Waals surface area contributed by atoms with Crippen molar-refractivity contribution in [1.29, 1.82) is 0 Å². The van der Waals surface area contributed by atoms with E-state index in [0.29, 0.717) is 18.4 Å². The van der Waals surface area contributed by atoms with Gasteiger partial charge < -0.3 is 10.1 Å². The second-order valence-corrected chi connectivity index (χ2v) is 4.33. The summed E-state index contributed by atoms with van der Waals surface area (Å²) in [5.74, 6) is 1.05. The summed E-state index contributed by atoms with van der Waals surface area (Å²) in [7, 11) is 0. The molecule has 0 aromatic carbocycles. The molecule has 3 nitrogen and oxygen atoms in total. The van der Waals surface area contributed by atoms with Crippen molar-refractivity contribution < 1.29 is 9.13 Å². The van der Waals surface area contributed by atoms with Gasteiger partial charge in [-0.05, 0) is 30.9 Å². The number of nitrogens with zero attached hydrogens (tertiary/aromatic N) is 1. The molecule has 0 bridgehead atoms. The highest BCUT2D eigenvalue weighted by Gasteiger charge is 2.45. The third-order valence-corrected chi connectivity index (χ3v) is 3.11. The molecule has 2 fully saturated rings. The Kier molecular flexibility index (Phi) is 3.30. The van der Waals surface area contributed by atoms with Crippen LogP contribution < -0.4 is 10.1 Å². The molecule has 0 radical (unpaired) electrons. The van der Waals surface area contributed by atoms with Crippen molar-refractivity contribution >= 4 is 12.4 Å². The molecule has 1 aromatic heterocycles. The summed E-state index contributed by atoms with van der Waals surface area (Å²) in [4.78, 5) is 3.54. The molecule has 1 saturated heterocycles. The largest absolute Gasteiger partial charge is 0.490 e. The molecule has 5 heteroatoms. The van der Waals surface area contributed by atoms with Crippen LogP contribution in [0.15, 0.2) is 18.3 Å². The van der Waals surface area contributed by atoms with Crippen molar-refractivity contribution in [1.82, 2.24) is 10.3 Å². The molecular formula is C11H14ClFN2O. The van der Waals surface area contributed by atoms with Crippen molar-refractivity contribution in [2.45, 2.75) is 24.9 Å². The number of rotatable bonds is 3. The lowest BCUT2D eigenvalue weighted by Gasteiger charge is -2.13. The van der Waals surface area contributed by atoms with Gasteiger partial charge in [0.1, 0.15) is 12.4 Å². The Morgan fingerprint density at radius 2 is 2.31 bits per heavy atom. The van der Waals surface area contributed by atoms with Gasteiger partial charge in [0.05, 0.1) is 6.20 Å². The van der Waals surface area contributed by atoms with Crippen LogP contribution in [0.1, 0.15) is 12.8 Å². The van der Waals surface area contributed by atoms with Crippen LogP contribution >= 0.6 is 12.4 Å². The normalized spacial score (nSPS) is 30.4. The summed E-state index contributed by atoms with van der Waals surface area (Å²) in [5.41, 5.74) is 0. The average Bonchev–Trinajstić information content (AvgIpc) is 2.86. The number of fused-ring (bicyclic) bond motifs is 1. The number of hydrogen-bond acceptors (Lipinski definition) is 3. The maximum absolute atomic E-state index is 12.5. The first-order chi connectivity index (χ1) is 7.31. The van der Waals surface area contributed by atoms with Gasteiger partial charge >= 0.3 is 0 Å². The van der Waals surface area contributed by atoms with E-state index in [-0.39, 0.29) is 12.4 Å². The van der Waals surface area contributed by atoms with Gasteiger partial charge in [0, 0.05) is 12.1 Å². The molecule has 1 N–H and O–H groups in total. The van der Waals surface area contributed by atoms with Crippen LogP contribution in [-0.4, -0.2) is 23.7 Å². The first-order valence-electron chi connectivity index (χ1n) is 5.31. The Balaban J connectivity index is 0.000000963. The van der Waals surface area contributed by atoms with Gasteiger partial charge in [0.2, 0.25) is 5.95 Å². The van der Waals surface area contributed by atoms with Gasteiger partial charge in [-0.2, -0.15) is 4.39 Å². The predicted molar refractivity (Wildman–Crippen MR) is 60.4 cm³/mol. The molecule has 3 atom stereocenters. The zero-order chi connectivity index (χ0) is 10.3. The van der Waals surface area contributed by atoms with E-state index >= 15 is 0 Å². The average molecular weight is 245 g/mol. The number of piperidine rings is 1. The Bertz CT molecular complexity index is 350. The third kappa shape index (κ3) is 2.44. The molecule has 2 aliphatic rings. The molecule has 16 heavy (non-hydrogen) atoms. The lowest BCUT2D eigenvalue weighted by Crippen LogP contribution is -2.31. The zero-order valence-electron chi connectivity index (χ0n) is 8.73. The summed E-state index contributed by atoms with van der Waals surface area (Å²) in [5, 5.41) is 3.49. The number of aromatic nitrogens is 1. The lowest BCUT2D eigenvalue weighted by molar-refractivity contribution is 0.266. The second-order valence-electron chi connectivity index (χ2n) is 4.33. The lowest BCUT2D eigenvalue weighted by atomic mass is 10.2. The van der Waals surface area contributed by atoms with Gasteiger partial charge in [-0.15, -0.1) is 12.4 Å². The standard InChI is InChI=1S/C11H13FN2O.ClH/c12-11-2-1-9(5-13-11)15-6-8-3-7-4-10(7)14-8;/h1-2,5,7-8,10,14H,3-4,6H2;1H/t7-,8+,10+;/m1./s1. The highest BCUT2D eigenvalue weighted by molar-refractivity contribution is 5.85. The van der Waals surface area contributed by atoms with Gasteiger partial charge in [0.15, 0.2) is 0 Å².